The number of aliphatic hydroxyl groups is 1. The summed E-state index contributed by atoms with van der Waals surface area (Å²) in [7, 11) is 0. The molecular weight excluding hydrogens is 349 g/mol. The van der Waals surface area contributed by atoms with Gasteiger partial charge in [-0.1, -0.05) is 6.07 Å². The number of alkyl halides is 3. The maximum atomic E-state index is 12.8. The van der Waals surface area contributed by atoms with Gasteiger partial charge in [0.05, 0.1) is 27.6 Å². The number of thiazole rings is 1. The number of aliphatic hydroxyl groups excluding tert-OH is 1. The summed E-state index contributed by atoms with van der Waals surface area (Å²) >= 11 is 1.43. The molecule has 1 aliphatic rings. The molecule has 1 atom stereocenters. The maximum absolute atomic E-state index is 12.8. The van der Waals surface area contributed by atoms with Gasteiger partial charge in [0, 0.05) is 24.2 Å². The SMILES string of the molecule is Cc1nc([C@H]2CC[C@H](C(F)(F)F)CC2)sc1C(O)Cc1ccccn1. The molecular formula is C18H21F3N2OS. The first-order valence-electron chi connectivity index (χ1n) is 8.46. The molecule has 0 aliphatic heterocycles. The van der Waals surface area contributed by atoms with Crippen LogP contribution in [0, 0.1) is 12.8 Å². The fourth-order valence-corrected chi connectivity index (χ4v) is 4.61. The van der Waals surface area contributed by atoms with E-state index in [2.05, 4.69) is 9.97 Å². The molecule has 0 amide bonds. The molecule has 0 radical (unpaired) electrons. The van der Waals surface area contributed by atoms with Crippen molar-refractivity contribution in [3.05, 3.63) is 45.7 Å². The Bertz CT molecular complexity index is 694. The zero-order chi connectivity index (χ0) is 18.0. The predicted octanol–water partition coefficient (Wildman–Crippen LogP) is 4.96. The standard InChI is InChI=1S/C18H21F3N2OS/c1-11-16(15(24)10-14-4-2-3-9-22-14)25-17(23-11)12-5-7-13(8-6-12)18(19,20)21/h2-4,9,12-13,15,24H,5-8,10H2,1H3/t12-,13-,15?. The minimum absolute atomic E-state index is 0.0677. The Hall–Kier alpha value is -1.47. The molecule has 1 N–H and O–H groups in total. The van der Waals surface area contributed by atoms with Crippen molar-refractivity contribution in [2.24, 2.45) is 5.92 Å². The average molecular weight is 370 g/mol. The van der Waals surface area contributed by atoms with Crippen LogP contribution in [0.15, 0.2) is 24.4 Å². The van der Waals surface area contributed by atoms with E-state index in [1.807, 2.05) is 25.1 Å². The first kappa shape index (κ1) is 18.3. The van der Waals surface area contributed by atoms with Crippen molar-refractivity contribution in [2.75, 3.05) is 0 Å². The van der Waals surface area contributed by atoms with Gasteiger partial charge in [-0.25, -0.2) is 4.98 Å². The van der Waals surface area contributed by atoms with Gasteiger partial charge >= 0.3 is 6.18 Å². The lowest BCUT2D eigenvalue weighted by Gasteiger charge is -2.28. The number of hydrogen-bond acceptors (Lipinski definition) is 4. The van der Waals surface area contributed by atoms with E-state index in [0.717, 1.165) is 21.3 Å². The third-order valence-corrected chi connectivity index (χ3v) is 6.24. The highest BCUT2D eigenvalue weighted by molar-refractivity contribution is 7.11. The Morgan fingerprint density at radius 2 is 1.96 bits per heavy atom. The summed E-state index contributed by atoms with van der Waals surface area (Å²) in [6, 6.07) is 5.56. The molecule has 2 aromatic rings. The van der Waals surface area contributed by atoms with E-state index in [1.54, 1.807) is 6.20 Å². The molecule has 0 spiro atoms. The van der Waals surface area contributed by atoms with Gasteiger partial charge in [-0.05, 0) is 44.7 Å². The van der Waals surface area contributed by atoms with Gasteiger partial charge in [0.2, 0.25) is 0 Å². The molecule has 3 nitrogen and oxygen atoms in total. The molecule has 25 heavy (non-hydrogen) atoms. The Labute approximate surface area is 149 Å². The molecule has 1 aliphatic carbocycles. The molecule has 0 bridgehead atoms. The first-order chi connectivity index (χ1) is 11.8. The molecule has 2 aromatic heterocycles. The summed E-state index contributed by atoms with van der Waals surface area (Å²) in [5.74, 6) is -1.11. The summed E-state index contributed by atoms with van der Waals surface area (Å²) in [4.78, 5) is 9.55. The minimum Gasteiger partial charge on any atom is -0.387 e. The Morgan fingerprint density at radius 3 is 2.56 bits per heavy atom. The zero-order valence-electron chi connectivity index (χ0n) is 14.0. The highest BCUT2D eigenvalue weighted by Gasteiger charge is 2.42. The number of halogens is 3. The van der Waals surface area contributed by atoms with Gasteiger partial charge < -0.3 is 5.11 Å². The number of rotatable bonds is 4. The van der Waals surface area contributed by atoms with E-state index in [-0.39, 0.29) is 18.8 Å². The summed E-state index contributed by atoms with van der Waals surface area (Å²) < 4.78 is 38.4. The van der Waals surface area contributed by atoms with Gasteiger partial charge in [-0.2, -0.15) is 13.2 Å². The smallest absolute Gasteiger partial charge is 0.387 e. The zero-order valence-corrected chi connectivity index (χ0v) is 14.8. The fraction of sp³-hybridized carbons (Fsp3) is 0.556. The molecule has 0 saturated heterocycles. The largest absolute Gasteiger partial charge is 0.391 e. The summed E-state index contributed by atoms with van der Waals surface area (Å²) in [6.45, 7) is 1.85. The van der Waals surface area contributed by atoms with E-state index in [4.69, 9.17) is 0 Å². The highest BCUT2D eigenvalue weighted by Crippen LogP contribution is 2.44. The molecule has 1 unspecified atom stereocenters. The second-order valence-electron chi connectivity index (χ2n) is 6.63. The quantitative estimate of drug-likeness (QED) is 0.827. The summed E-state index contributed by atoms with van der Waals surface area (Å²) in [5.41, 5.74) is 1.57. The highest BCUT2D eigenvalue weighted by atomic mass is 32.1. The van der Waals surface area contributed by atoms with Gasteiger partial charge in [0.1, 0.15) is 0 Å². The fourth-order valence-electron chi connectivity index (χ4n) is 3.39. The van der Waals surface area contributed by atoms with Crippen molar-refractivity contribution in [1.29, 1.82) is 0 Å². The van der Waals surface area contributed by atoms with Crippen molar-refractivity contribution in [3.8, 4) is 0 Å². The van der Waals surface area contributed by atoms with Crippen LogP contribution in [0.5, 0.6) is 0 Å². The number of hydrogen-bond donors (Lipinski definition) is 1. The molecule has 0 aromatic carbocycles. The lowest BCUT2D eigenvalue weighted by molar-refractivity contribution is -0.182. The van der Waals surface area contributed by atoms with Gasteiger partial charge in [-0.15, -0.1) is 11.3 Å². The average Bonchev–Trinajstić information content (AvgIpc) is 2.97. The normalized spacial score (nSPS) is 22.8. The topological polar surface area (TPSA) is 46.0 Å². The second kappa shape index (κ2) is 7.41. The lowest BCUT2D eigenvalue weighted by Crippen LogP contribution is -2.27. The van der Waals surface area contributed by atoms with Crippen LogP contribution in [-0.4, -0.2) is 21.3 Å². The third-order valence-electron chi connectivity index (χ3n) is 4.82. The van der Waals surface area contributed by atoms with Gasteiger partial charge in [-0.3, -0.25) is 4.98 Å². The molecule has 136 valence electrons. The van der Waals surface area contributed by atoms with Crippen LogP contribution in [0.2, 0.25) is 0 Å². The van der Waals surface area contributed by atoms with E-state index in [9.17, 15) is 18.3 Å². The van der Waals surface area contributed by atoms with Gasteiger partial charge in [0.25, 0.3) is 0 Å². The second-order valence-corrected chi connectivity index (χ2v) is 7.70. The van der Waals surface area contributed by atoms with Crippen molar-refractivity contribution in [2.45, 2.75) is 57.2 Å². The minimum atomic E-state index is -4.09. The van der Waals surface area contributed by atoms with Crippen molar-refractivity contribution >= 4 is 11.3 Å². The third kappa shape index (κ3) is 4.39. The van der Waals surface area contributed by atoms with E-state index < -0.39 is 18.2 Å². The van der Waals surface area contributed by atoms with Crippen LogP contribution in [-0.2, 0) is 6.42 Å². The van der Waals surface area contributed by atoms with Crippen molar-refractivity contribution in [1.82, 2.24) is 9.97 Å². The van der Waals surface area contributed by atoms with Crippen LogP contribution in [0.4, 0.5) is 13.2 Å². The van der Waals surface area contributed by atoms with Crippen LogP contribution in [0.25, 0.3) is 0 Å². The monoisotopic (exact) mass is 370 g/mol. The number of aryl methyl sites for hydroxylation is 1. The van der Waals surface area contributed by atoms with Crippen LogP contribution in [0.3, 0.4) is 0 Å². The Morgan fingerprint density at radius 1 is 1.24 bits per heavy atom. The van der Waals surface area contributed by atoms with Crippen molar-refractivity contribution < 1.29 is 18.3 Å². The van der Waals surface area contributed by atoms with E-state index in [0.29, 0.717) is 19.3 Å². The number of nitrogens with zero attached hydrogens (tertiary/aromatic N) is 2. The number of aromatic nitrogens is 2. The molecule has 3 rings (SSSR count). The van der Waals surface area contributed by atoms with Crippen LogP contribution < -0.4 is 0 Å². The molecule has 2 heterocycles. The molecule has 1 saturated carbocycles. The lowest BCUT2D eigenvalue weighted by atomic mass is 9.82. The first-order valence-corrected chi connectivity index (χ1v) is 9.28. The Kier molecular flexibility index (Phi) is 5.43. The summed E-state index contributed by atoms with van der Waals surface area (Å²) in [5, 5.41) is 11.4. The van der Waals surface area contributed by atoms with Gasteiger partial charge in [0.15, 0.2) is 0 Å². The van der Waals surface area contributed by atoms with Crippen LogP contribution >= 0.6 is 11.3 Å². The van der Waals surface area contributed by atoms with Crippen molar-refractivity contribution in [3.63, 3.8) is 0 Å². The number of pyridine rings is 1. The van der Waals surface area contributed by atoms with E-state index in [1.165, 1.54) is 11.3 Å². The van der Waals surface area contributed by atoms with E-state index >= 15 is 0 Å². The Balaban J connectivity index is 1.66. The van der Waals surface area contributed by atoms with Crippen LogP contribution in [0.1, 0.15) is 59.0 Å². The maximum Gasteiger partial charge on any atom is 0.391 e. The molecule has 7 heteroatoms. The summed E-state index contributed by atoms with van der Waals surface area (Å²) in [6.07, 6.45) is -1.34. The molecule has 1 fully saturated rings. The predicted molar refractivity (Wildman–Crippen MR) is 90.5 cm³/mol.